The van der Waals surface area contributed by atoms with Crippen molar-refractivity contribution in [2.75, 3.05) is 39.5 Å². The number of hydrogen-bond donors (Lipinski definition) is 1. The molecular formula is C14H21BrN2O2. The highest BCUT2D eigenvalue weighted by atomic mass is 79.9. The normalized spacial score (nSPS) is 18.3. The lowest BCUT2D eigenvalue weighted by Crippen LogP contribution is -2.38. The molecule has 0 radical (unpaired) electrons. The number of rotatable bonds is 5. The van der Waals surface area contributed by atoms with Crippen molar-refractivity contribution in [2.24, 2.45) is 5.73 Å². The van der Waals surface area contributed by atoms with E-state index < -0.39 is 0 Å². The van der Waals surface area contributed by atoms with Crippen molar-refractivity contribution in [3.63, 3.8) is 0 Å². The molecule has 1 fully saturated rings. The molecule has 2 rings (SSSR count). The zero-order chi connectivity index (χ0) is 13.7. The third-order valence-corrected chi connectivity index (χ3v) is 3.72. The number of ether oxygens (including phenoxy) is 2. The van der Waals surface area contributed by atoms with Gasteiger partial charge in [-0.3, -0.25) is 4.90 Å². The van der Waals surface area contributed by atoms with Crippen LogP contribution in [-0.4, -0.2) is 44.4 Å². The first-order valence-corrected chi connectivity index (χ1v) is 7.44. The van der Waals surface area contributed by atoms with Crippen LogP contribution in [0.5, 0.6) is 5.75 Å². The van der Waals surface area contributed by atoms with E-state index in [-0.39, 0.29) is 6.04 Å². The zero-order valence-corrected chi connectivity index (χ0v) is 12.9. The molecule has 1 heterocycles. The van der Waals surface area contributed by atoms with Crippen LogP contribution in [0.15, 0.2) is 22.7 Å². The lowest BCUT2D eigenvalue weighted by molar-refractivity contribution is 0.0322. The summed E-state index contributed by atoms with van der Waals surface area (Å²) in [6.07, 6.45) is 0. The van der Waals surface area contributed by atoms with E-state index >= 15 is 0 Å². The van der Waals surface area contributed by atoms with E-state index in [1.807, 2.05) is 25.1 Å². The molecule has 1 aliphatic rings. The molecule has 1 aliphatic heterocycles. The van der Waals surface area contributed by atoms with E-state index in [1.54, 1.807) is 0 Å². The molecule has 0 aliphatic carbocycles. The van der Waals surface area contributed by atoms with Crippen LogP contribution in [0.1, 0.15) is 18.5 Å². The molecule has 0 unspecified atom stereocenters. The van der Waals surface area contributed by atoms with Crippen LogP contribution in [0.2, 0.25) is 0 Å². The van der Waals surface area contributed by atoms with Crippen LogP contribution in [0.4, 0.5) is 0 Å². The molecule has 0 aromatic heterocycles. The average molecular weight is 329 g/mol. The smallest absolute Gasteiger partial charge is 0.124 e. The van der Waals surface area contributed by atoms with Crippen LogP contribution in [-0.2, 0) is 4.74 Å². The summed E-state index contributed by atoms with van der Waals surface area (Å²) in [5.41, 5.74) is 7.01. The molecule has 1 atom stereocenters. The highest BCUT2D eigenvalue weighted by molar-refractivity contribution is 9.10. The molecule has 4 nitrogen and oxygen atoms in total. The minimum absolute atomic E-state index is 0.0316. The topological polar surface area (TPSA) is 47.7 Å². The van der Waals surface area contributed by atoms with Gasteiger partial charge in [-0.1, -0.05) is 15.9 Å². The average Bonchev–Trinajstić information content (AvgIpc) is 2.41. The van der Waals surface area contributed by atoms with E-state index in [0.29, 0.717) is 6.61 Å². The van der Waals surface area contributed by atoms with Gasteiger partial charge in [0.2, 0.25) is 0 Å². The lowest BCUT2D eigenvalue weighted by Gasteiger charge is -2.26. The van der Waals surface area contributed by atoms with Crippen LogP contribution in [0, 0.1) is 0 Å². The van der Waals surface area contributed by atoms with E-state index in [1.165, 1.54) is 0 Å². The van der Waals surface area contributed by atoms with Crippen molar-refractivity contribution < 1.29 is 9.47 Å². The van der Waals surface area contributed by atoms with Crippen molar-refractivity contribution in [3.05, 3.63) is 28.2 Å². The van der Waals surface area contributed by atoms with Crippen molar-refractivity contribution in [1.82, 2.24) is 4.90 Å². The quantitative estimate of drug-likeness (QED) is 0.900. The van der Waals surface area contributed by atoms with Crippen LogP contribution < -0.4 is 10.5 Å². The van der Waals surface area contributed by atoms with Gasteiger partial charge in [0.15, 0.2) is 0 Å². The second kappa shape index (κ2) is 7.24. The Morgan fingerprint density at radius 2 is 2.16 bits per heavy atom. The molecule has 0 amide bonds. The van der Waals surface area contributed by atoms with E-state index in [9.17, 15) is 0 Å². The first-order chi connectivity index (χ1) is 9.16. The standard InChI is InChI=1S/C14H21BrN2O2/c1-11(16)13-10-12(15)2-3-14(13)19-9-6-17-4-7-18-8-5-17/h2-3,10-11H,4-9,16H2,1H3/t11-/m0/s1. The number of nitrogens with two attached hydrogens (primary N) is 1. The second-order valence-electron chi connectivity index (χ2n) is 4.77. The van der Waals surface area contributed by atoms with Crippen LogP contribution in [0.25, 0.3) is 0 Å². The Bertz CT molecular complexity index is 406. The summed E-state index contributed by atoms with van der Waals surface area (Å²) in [5.74, 6) is 0.881. The molecule has 2 N–H and O–H groups in total. The Hall–Kier alpha value is -0.620. The summed E-state index contributed by atoms with van der Waals surface area (Å²) in [7, 11) is 0. The Labute approximate surface area is 123 Å². The number of hydrogen-bond acceptors (Lipinski definition) is 4. The molecule has 0 spiro atoms. The summed E-state index contributed by atoms with van der Waals surface area (Å²) in [6, 6.07) is 5.95. The molecule has 1 aromatic carbocycles. The largest absolute Gasteiger partial charge is 0.492 e. The van der Waals surface area contributed by atoms with Gasteiger partial charge in [0, 0.05) is 35.7 Å². The first-order valence-electron chi connectivity index (χ1n) is 6.65. The summed E-state index contributed by atoms with van der Waals surface area (Å²) in [5, 5.41) is 0. The minimum atomic E-state index is -0.0316. The predicted octanol–water partition coefficient (Wildman–Crippen LogP) is 2.18. The molecule has 0 bridgehead atoms. The summed E-state index contributed by atoms with van der Waals surface area (Å²) < 4.78 is 12.2. The maximum Gasteiger partial charge on any atom is 0.124 e. The van der Waals surface area contributed by atoms with E-state index in [0.717, 1.165) is 48.6 Å². The predicted molar refractivity (Wildman–Crippen MR) is 79.5 cm³/mol. The lowest BCUT2D eigenvalue weighted by atomic mass is 10.1. The number of halogens is 1. The van der Waals surface area contributed by atoms with Gasteiger partial charge in [0.25, 0.3) is 0 Å². The first kappa shape index (κ1) is 14.8. The van der Waals surface area contributed by atoms with Gasteiger partial charge in [-0.25, -0.2) is 0 Å². The summed E-state index contributed by atoms with van der Waals surface area (Å²) in [4.78, 5) is 2.36. The maximum atomic E-state index is 5.97. The minimum Gasteiger partial charge on any atom is -0.492 e. The monoisotopic (exact) mass is 328 g/mol. The van der Waals surface area contributed by atoms with Crippen LogP contribution in [0.3, 0.4) is 0 Å². The third-order valence-electron chi connectivity index (χ3n) is 3.23. The highest BCUT2D eigenvalue weighted by Crippen LogP contribution is 2.27. The second-order valence-corrected chi connectivity index (χ2v) is 5.69. The van der Waals surface area contributed by atoms with Gasteiger partial charge in [0.05, 0.1) is 13.2 Å². The van der Waals surface area contributed by atoms with Gasteiger partial charge in [0.1, 0.15) is 12.4 Å². The van der Waals surface area contributed by atoms with Gasteiger partial charge in [-0.15, -0.1) is 0 Å². The van der Waals surface area contributed by atoms with Gasteiger partial charge in [-0.2, -0.15) is 0 Å². The SMILES string of the molecule is C[C@H](N)c1cc(Br)ccc1OCCN1CCOCC1. The number of morpholine rings is 1. The Balaban J connectivity index is 1.88. The fourth-order valence-corrected chi connectivity index (χ4v) is 2.49. The molecule has 0 saturated carbocycles. The Morgan fingerprint density at radius 3 is 2.84 bits per heavy atom. The van der Waals surface area contributed by atoms with Crippen molar-refractivity contribution >= 4 is 15.9 Å². The maximum absolute atomic E-state index is 5.97. The molecule has 106 valence electrons. The summed E-state index contributed by atoms with van der Waals surface area (Å²) >= 11 is 3.46. The highest BCUT2D eigenvalue weighted by Gasteiger charge is 2.12. The van der Waals surface area contributed by atoms with Gasteiger partial charge >= 0.3 is 0 Å². The fraction of sp³-hybridized carbons (Fsp3) is 0.571. The van der Waals surface area contributed by atoms with E-state index in [2.05, 4.69) is 20.8 Å². The van der Waals surface area contributed by atoms with Gasteiger partial charge in [-0.05, 0) is 25.1 Å². The third kappa shape index (κ3) is 4.45. The number of benzene rings is 1. The van der Waals surface area contributed by atoms with Gasteiger partial charge < -0.3 is 15.2 Å². The van der Waals surface area contributed by atoms with Crippen LogP contribution >= 0.6 is 15.9 Å². The molecular weight excluding hydrogens is 308 g/mol. The molecule has 1 saturated heterocycles. The van der Waals surface area contributed by atoms with Crippen molar-refractivity contribution in [2.45, 2.75) is 13.0 Å². The molecule has 19 heavy (non-hydrogen) atoms. The van der Waals surface area contributed by atoms with E-state index in [4.69, 9.17) is 15.2 Å². The number of nitrogens with zero attached hydrogens (tertiary/aromatic N) is 1. The Morgan fingerprint density at radius 1 is 1.42 bits per heavy atom. The molecule has 1 aromatic rings. The zero-order valence-electron chi connectivity index (χ0n) is 11.3. The Kier molecular flexibility index (Phi) is 5.63. The van der Waals surface area contributed by atoms with Crippen molar-refractivity contribution in [3.8, 4) is 5.75 Å². The van der Waals surface area contributed by atoms with Crippen molar-refractivity contribution in [1.29, 1.82) is 0 Å². The summed E-state index contributed by atoms with van der Waals surface area (Å²) in [6.45, 7) is 7.20. The fourth-order valence-electron chi connectivity index (χ4n) is 2.12. The molecule has 5 heteroatoms.